The molecule has 0 atom stereocenters. The molecule has 0 aliphatic carbocycles. The first kappa shape index (κ1) is 15.1. The van der Waals surface area contributed by atoms with Crippen LogP contribution in [0.1, 0.15) is 18.9 Å². The van der Waals surface area contributed by atoms with Crippen LogP contribution in [0.5, 0.6) is 11.5 Å². The van der Waals surface area contributed by atoms with E-state index in [0.717, 1.165) is 5.56 Å². The Hall–Kier alpha value is -1.93. The van der Waals surface area contributed by atoms with E-state index in [1.54, 1.807) is 18.2 Å². The van der Waals surface area contributed by atoms with Gasteiger partial charge in [-0.3, -0.25) is 4.79 Å². The normalized spacial score (nSPS) is 9.58. The third kappa shape index (κ3) is 4.34. The number of rotatable bonds is 6. The van der Waals surface area contributed by atoms with Crippen molar-refractivity contribution in [2.45, 2.75) is 19.9 Å². The highest BCUT2D eigenvalue weighted by Crippen LogP contribution is 2.36. The van der Waals surface area contributed by atoms with Gasteiger partial charge in [-0.1, -0.05) is 11.6 Å². The molecule has 5 nitrogen and oxygen atoms in total. The Morgan fingerprint density at radius 2 is 2.26 bits per heavy atom. The lowest BCUT2D eigenvalue weighted by molar-refractivity contribution is -0.120. The van der Waals surface area contributed by atoms with E-state index < -0.39 is 0 Å². The number of benzene rings is 1. The molecule has 1 aromatic carbocycles. The van der Waals surface area contributed by atoms with Crippen molar-refractivity contribution in [1.82, 2.24) is 5.32 Å². The average Bonchev–Trinajstić information content (AvgIpc) is 2.39. The molecule has 0 aliphatic rings. The van der Waals surface area contributed by atoms with Crippen molar-refractivity contribution >= 4 is 17.5 Å². The summed E-state index contributed by atoms with van der Waals surface area (Å²) in [6, 6.07) is 5.22. The summed E-state index contributed by atoms with van der Waals surface area (Å²) in [5.74, 6) is 0.670. The summed E-state index contributed by atoms with van der Waals surface area (Å²) in [7, 11) is 1.52. The molecule has 102 valence electrons. The molecule has 0 saturated carbocycles. The van der Waals surface area contributed by atoms with Crippen LogP contribution < -0.4 is 14.8 Å². The smallest absolute Gasteiger partial charge is 0.234 e. The monoisotopic (exact) mass is 282 g/mol. The molecule has 1 rings (SSSR count). The number of nitrogens with one attached hydrogen (secondary N) is 1. The number of amides is 1. The number of nitrogens with zero attached hydrogens (tertiary/aromatic N) is 1. The summed E-state index contributed by atoms with van der Waals surface area (Å²) in [5.41, 5.74) is 0.775. The summed E-state index contributed by atoms with van der Waals surface area (Å²) in [4.78, 5) is 11.2. The molecule has 0 radical (unpaired) electrons. The molecule has 1 N–H and O–H groups in total. The Bertz CT molecular complexity index is 497. The van der Waals surface area contributed by atoms with E-state index in [1.807, 2.05) is 6.92 Å². The zero-order valence-electron chi connectivity index (χ0n) is 10.8. The minimum Gasteiger partial charge on any atom is -0.493 e. The van der Waals surface area contributed by atoms with Crippen molar-refractivity contribution in [3.8, 4) is 17.6 Å². The minimum atomic E-state index is -0.327. The fraction of sp³-hybridized carbons (Fsp3) is 0.385. The lowest BCUT2D eigenvalue weighted by atomic mass is 10.2. The molecule has 0 fully saturated rings. The Kier molecular flexibility index (Phi) is 5.97. The zero-order valence-corrected chi connectivity index (χ0v) is 11.6. The molecule has 1 amide bonds. The van der Waals surface area contributed by atoms with Gasteiger partial charge in [0.25, 0.3) is 0 Å². The second-order valence-corrected chi connectivity index (χ2v) is 4.06. The maximum Gasteiger partial charge on any atom is 0.234 e. The molecule has 0 aromatic heterocycles. The number of hydrogen-bond donors (Lipinski definition) is 1. The topological polar surface area (TPSA) is 71.3 Å². The van der Waals surface area contributed by atoms with Gasteiger partial charge in [-0.2, -0.15) is 5.26 Å². The molecule has 0 bridgehead atoms. The van der Waals surface area contributed by atoms with Crippen LogP contribution in [-0.2, 0) is 11.3 Å². The molecule has 6 heteroatoms. The van der Waals surface area contributed by atoms with Crippen molar-refractivity contribution in [3.63, 3.8) is 0 Å². The maximum atomic E-state index is 11.2. The van der Waals surface area contributed by atoms with Crippen LogP contribution in [0.15, 0.2) is 12.1 Å². The van der Waals surface area contributed by atoms with E-state index in [0.29, 0.717) is 23.1 Å². The predicted molar refractivity (Wildman–Crippen MR) is 71.2 cm³/mol. The number of nitriles is 1. The third-order valence-electron chi connectivity index (χ3n) is 2.31. The van der Waals surface area contributed by atoms with Gasteiger partial charge in [0.2, 0.25) is 5.91 Å². The molecule has 0 heterocycles. The fourth-order valence-electron chi connectivity index (χ4n) is 1.49. The van der Waals surface area contributed by atoms with Crippen molar-refractivity contribution in [1.29, 1.82) is 5.26 Å². The molecule has 0 unspecified atom stereocenters. The van der Waals surface area contributed by atoms with Gasteiger partial charge >= 0.3 is 0 Å². The van der Waals surface area contributed by atoms with Crippen LogP contribution >= 0.6 is 11.6 Å². The molecule has 0 aliphatic heterocycles. The third-order valence-corrected chi connectivity index (χ3v) is 2.59. The second kappa shape index (κ2) is 7.49. The van der Waals surface area contributed by atoms with Gasteiger partial charge in [-0.15, -0.1) is 0 Å². The molecule has 19 heavy (non-hydrogen) atoms. The lowest BCUT2D eigenvalue weighted by Gasteiger charge is -2.13. The standard InChI is InChI=1S/C13H15ClN2O3/c1-3-19-13-10(14)6-9(7-11(13)18-2)8-16-12(17)4-5-15/h6-7H,3-4,8H2,1-2H3,(H,16,17). The van der Waals surface area contributed by atoms with Crippen LogP contribution in [0.25, 0.3) is 0 Å². The number of ether oxygens (including phenoxy) is 2. The number of methoxy groups -OCH3 is 1. The van der Waals surface area contributed by atoms with Crippen LogP contribution in [0.2, 0.25) is 5.02 Å². The van der Waals surface area contributed by atoms with Gasteiger partial charge in [-0.05, 0) is 24.6 Å². The lowest BCUT2D eigenvalue weighted by Crippen LogP contribution is -2.21. The van der Waals surface area contributed by atoms with E-state index in [-0.39, 0.29) is 18.9 Å². The van der Waals surface area contributed by atoms with Gasteiger partial charge in [0, 0.05) is 6.54 Å². The van der Waals surface area contributed by atoms with E-state index in [2.05, 4.69) is 5.32 Å². The second-order valence-electron chi connectivity index (χ2n) is 3.65. The average molecular weight is 283 g/mol. The number of halogens is 1. The van der Waals surface area contributed by atoms with Crippen LogP contribution in [0, 0.1) is 11.3 Å². The van der Waals surface area contributed by atoms with E-state index in [1.165, 1.54) is 7.11 Å². The van der Waals surface area contributed by atoms with Crippen molar-refractivity contribution < 1.29 is 14.3 Å². The highest BCUT2D eigenvalue weighted by atomic mass is 35.5. The summed E-state index contributed by atoms with van der Waals surface area (Å²) < 4.78 is 10.6. The Morgan fingerprint density at radius 3 is 2.84 bits per heavy atom. The molecule has 0 spiro atoms. The Labute approximate surface area is 117 Å². The van der Waals surface area contributed by atoms with Gasteiger partial charge in [-0.25, -0.2) is 0 Å². The van der Waals surface area contributed by atoms with Gasteiger partial charge in [0.15, 0.2) is 11.5 Å². The van der Waals surface area contributed by atoms with Crippen LogP contribution in [-0.4, -0.2) is 19.6 Å². The first-order valence-corrected chi connectivity index (χ1v) is 6.13. The van der Waals surface area contributed by atoms with E-state index in [4.69, 9.17) is 26.3 Å². The first-order chi connectivity index (χ1) is 9.12. The van der Waals surface area contributed by atoms with Gasteiger partial charge < -0.3 is 14.8 Å². The largest absolute Gasteiger partial charge is 0.493 e. The number of carbonyl (C=O) groups excluding carboxylic acids is 1. The fourth-order valence-corrected chi connectivity index (χ4v) is 1.78. The van der Waals surface area contributed by atoms with Crippen LogP contribution in [0.3, 0.4) is 0 Å². The van der Waals surface area contributed by atoms with Crippen LogP contribution in [0.4, 0.5) is 0 Å². The summed E-state index contributed by atoms with van der Waals surface area (Å²) >= 11 is 6.10. The summed E-state index contributed by atoms with van der Waals surface area (Å²) in [6.45, 7) is 2.61. The highest BCUT2D eigenvalue weighted by Gasteiger charge is 2.12. The van der Waals surface area contributed by atoms with Crippen molar-refractivity contribution in [2.75, 3.05) is 13.7 Å². The quantitative estimate of drug-likeness (QED) is 0.869. The number of hydrogen-bond acceptors (Lipinski definition) is 4. The minimum absolute atomic E-state index is 0.165. The van der Waals surface area contributed by atoms with Crippen molar-refractivity contribution in [2.24, 2.45) is 0 Å². The summed E-state index contributed by atoms with van der Waals surface area (Å²) in [5, 5.41) is 11.4. The molecule has 1 aromatic rings. The maximum absolute atomic E-state index is 11.2. The summed E-state index contributed by atoms with van der Waals surface area (Å²) in [6.07, 6.45) is -0.165. The Balaban J connectivity index is 2.84. The Morgan fingerprint density at radius 1 is 1.53 bits per heavy atom. The van der Waals surface area contributed by atoms with Crippen molar-refractivity contribution in [3.05, 3.63) is 22.7 Å². The van der Waals surface area contributed by atoms with Gasteiger partial charge in [0.1, 0.15) is 6.42 Å². The zero-order chi connectivity index (χ0) is 14.3. The van der Waals surface area contributed by atoms with E-state index >= 15 is 0 Å². The van der Waals surface area contributed by atoms with Gasteiger partial charge in [0.05, 0.1) is 24.8 Å². The van der Waals surface area contributed by atoms with E-state index in [9.17, 15) is 4.79 Å². The number of carbonyl (C=O) groups is 1. The SMILES string of the molecule is CCOc1c(Cl)cc(CNC(=O)CC#N)cc1OC. The predicted octanol–water partition coefficient (Wildman–Crippen LogP) is 2.28. The highest BCUT2D eigenvalue weighted by molar-refractivity contribution is 6.32. The molecule has 0 saturated heterocycles. The first-order valence-electron chi connectivity index (χ1n) is 5.75. The molecular weight excluding hydrogens is 268 g/mol. The molecular formula is C13H15ClN2O3.